The lowest BCUT2D eigenvalue weighted by Gasteiger charge is -2.10. The van der Waals surface area contributed by atoms with Gasteiger partial charge in [-0.1, -0.05) is 0 Å². The van der Waals surface area contributed by atoms with Crippen LogP contribution in [0.2, 0.25) is 0 Å². The first kappa shape index (κ1) is 16.7. The van der Waals surface area contributed by atoms with Crippen LogP contribution in [0.15, 0.2) is 18.3 Å². The van der Waals surface area contributed by atoms with Gasteiger partial charge in [0.25, 0.3) is 0 Å². The molecule has 7 nitrogen and oxygen atoms in total. The van der Waals surface area contributed by atoms with Crippen LogP contribution >= 0.6 is 0 Å². The number of nitrogens with one attached hydrogen (secondary N) is 3. The Labute approximate surface area is 137 Å². The first-order valence-electron chi connectivity index (χ1n) is 7.10. The van der Waals surface area contributed by atoms with Crippen molar-refractivity contribution >= 4 is 39.4 Å². The van der Waals surface area contributed by atoms with Crippen molar-refractivity contribution in [3.8, 4) is 0 Å². The minimum Gasteiger partial charge on any atom is -0.461 e. The van der Waals surface area contributed by atoms with Gasteiger partial charge in [0, 0.05) is 17.0 Å². The number of benzene rings is 1. The molecule has 0 unspecified atom stereocenters. The molecule has 0 aliphatic heterocycles. The van der Waals surface area contributed by atoms with E-state index in [-0.39, 0.29) is 34.4 Å². The number of aromatic nitrogens is 2. The minimum atomic E-state index is -5.06. The van der Waals surface area contributed by atoms with Crippen LogP contribution in [0.3, 0.4) is 0 Å². The number of alkyl halides is 3. The van der Waals surface area contributed by atoms with E-state index in [9.17, 15) is 22.8 Å². The zero-order valence-corrected chi connectivity index (χ0v) is 12.7. The zero-order valence-electron chi connectivity index (χ0n) is 12.7. The lowest BCUT2D eigenvalue weighted by atomic mass is 10.1. The molecule has 25 heavy (non-hydrogen) atoms. The van der Waals surface area contributed by atoms with E-state index in [1.165, 1.54) is 12.3 Å². The molecule has 0 radical (unpaired) electrons. The molecule has 0 atom stereocenters. The number of pyridine rings is 1. The van der Waals surface area contributed by atoms with E-state index in [0.29, 0.717) is 10.8 Å². The van der Waals surface area contributed by atoms with E-state index in [4.69, 9.17) is 10.1 Å². The summed E-state index contributed by atoms with van der Waals surface area (Å²) in [5.41, 5.74) is 0.152. The van der Waals surface area contributed by atoms with Crippen LogP contribution in [0.4, 0.5) is 18.9 Å². The molecule has 0 aliphatic carbocycles. The smallest absolute Gasteiger partial charge is 0.461 e. The maximum Gasteiger partial charge on any atom is 0.471 e. The Morgan fingerprint density at radius 1 is 1.36 bits per heavy atom. The van der Waals surface area contributed by atoms with E-state index < -0.39 is 18.1 Å². The van der Waals surface area contributed by atoms with Crippen molar-refractivity contribution in [2.45, 2.75) is 13.1 Å². The van der Waals surface area contributed by atoms with Gasteiger partial charge in [0.2, 0.25) is 0 Å². The van der Waals surface area contributed by atoms with Gasteiger partial charge in [-0.2, -0.15) is 13.2 Å². The van der Waals surface area contributed by atoms with Crippen molar-refractivity contribution < 1.29 is 27.5 Å². The average Bonchev–Trinajstić information content (AvgIpc) is 2.95. The predicted molar refractivity (Wildman–Crippen MR) is 81.3 cm³/mol. The molecule has 0 aliphatic rings. The van der Waals surface area contributed by atoms with Gasteiger partial charge in [0.15, 0.2) is 0 Å². The molecule has 130 valence electrons. The highest BCUT2D eigenvalue weighted by Crippen LogP contribution is 2.30. The Kier molecular flexibility index (Phi) is 3.82. The number of anilines is 1. The third kappa shape index (κ3) is 2.86. The Hall–Kier alpha value is -3.17. The summed E-state index contributed by atoms with van der Waals surface area (Å²) in [5.74, 6) is -2.78. The molecule has 0 spiro atoms. The lowest BCUT2D eigenvalue weighted by molar-refractivity contribution is -0.167. The number of carbonyl (C=O) groups is 2. The molecule has 0 saturated heterocycles. The highest BCUT2D eigenvalue weighted by molar-refractivity contribution is 6.15. The summed E-state index contributed by atoms with van der Waals surface area (Å²) in [4.78, 5) is 29.8. The maximum absolute atomic E-state index is 12.5. The highest BCUT2D eigenvalue weighted by Gasteiger charge is 2.39. The molecular weight excluding hydrogens is 341 g/mol. The van der Waals surface area contributed by atoms with Gasteiger partial charge in [-0.25, -0.2) is 4.79 Å². The fourth-order valence-electron chi connectivity index (χ4n) is 2.46. The molecule has 0 bridgehead atoms. The molecule has 0 saturated carbocycles. The van der Waals surface area contributed by atoms with E-state index in [2.05, 4.69) is 9.97 Å². The fourth-order valence-corrected chi connectivity index (χ4v) is 2.46. The third-order valence-electron chi connectivity index (χ3n) is 3.48. The van der Waals surface area contributed by atoms with Crippen molar-refractivity contribution in [1.82, 2.24) is 9.97 Å². The molecule has 1 aromatic carbocycles. The lowest BCUT2D eigenvalue weighted by Crippen LogP contribution is -2.30. The minimum absolute atomic E-state index is 0.0872. The molecule has 3 N–H and O–H groups in total. The number of ether oxygens (including phenoxy) is 1. The van der Waals surface area contributed by atoms with Crippen LogP contribution in [0, 0.1) is 5.41 Å². The fraction of sp³-hybridized carbons (Fsp3) is 0.200. The second kappa shape index (κ2) is 5.72. The number of amides is 1. The van der Waals surface area contributed by atoms with E-state index in [0.717, 1.165) is 6.07 Å². The van der Waals surface area contributed by atoms with E-state index >= 15 is 0 Å². The number of hydrogen-bond acceptors (Lipinski definition) is 5. The van der Waals surface area contributed by atoms with Gasteiger partial charge in [-0.05, 0) is 19.1 Å². The van der Waals surface area contributed by atoms with Crippen molar-refractivity contribution in [3.05, 3.63) is 29.4 Å². The highest BCUT2D eigenvalue weighted by atomic mass is 19.4. The van der Waals surface area contributed by atoms with Crippen molar-refractivity contribution in [2.75, 3.05) is 11.9 Å². The van der Waals surface area contributed by atoms with Gasteiger partial charge < -0.3 is 15.0 Å². The summed E-state index contributed by atoms with van der Waals surface area (Å²) in [7, 11) is 0. The van der Waals surface area contributed by atoms with Gasteiger partial charge in [0.1, 0.15) is 5.69 Å². The summed E-state index contributed by atoms with van der Waals surface area (Å²) in [6, 6.07) is 2.47. The number of rotatable bonds is 3. The van der Waals surface area contributed by atoms with Crippen LogP contribution in [-0.4, -0.2) is 34.6 Å². The number of nitrogens with zero attached hydrogens (tertiary/aromatic N) is 1. The summed E-state index contributed by atoms with van der Waals surface area (Å²) >= 11 is 0. The Balaban J connectivity index is 2.17. The SMILES string of the molecule is CCOC(=O)c1cc2cnc3c(NC(=O)C(F)(F)F)cc(=N)c([nH]1)c23. The Morgan fingerprint density at radius 3 is 2.72 bits per heavy atom. The second-order valence-corrected chi connectivity index (χ2v) is 5.14. The molecule has 0 fully saturated rings. The maximum atomic E-state index is 12.5. The molecule has 2 aromatic heterocycles. The summed E-state index contributed by atoms with van der Waals surface area (Å²) in [6.45, 7) is 1.80. The zero-order chi connectivity index (χ0) is 18.4. The van der Waals surface area contributed by atoms with Crippen LogP contribution in [-0.2, 0) is 9.53 Å². The number of H-pyrrole nitrogens is 1. The first-order chi connectivity index (χ1) is 11.7. The first-order valence-corrected chi connectivity index (χ1v) is 7.10. The third-order valence-corrected chi connectivity index (χ3v) is 3.48. The van der Waals surface area contributed by atoms with Crippen LogP contribution in [0.25, 0.3) is 21.8 Å². The van der Waals surface area contributed by atoms with Crippen molar-refractivity contribution in [2.24, 2.45) is 0 Å². The predicted octanol–water partition coefficient (Wildman–Crippen LogP) is 2.31. The molecule has 3 rings (SSSR count). The topological polar surface area (TPSA) is 108 Å². The normalized spacial score (nSPS) is 11.8. The molecule has 2 heterocycles. The molecular formula is C15H11F3N4O3. The number of aromatic amines is 1. The van der Waals surface area contributed by atoms with Gasteiger partial charge >= 0.3 is 18.1 Å². The standard InChI is InChI=1S/C15H11F3N4O3/c1-2-25-13(23)9-3-6-5-20-12-8(22-14(24)15(16,17)18)4-7(19)11(21-9)10(6)12/h3-5,19,21H,2H2,1H3,(H,22,24). The van der Waals surface area contributed by atoms with Crippen LogP contribution in [0.5, 0.6) is 0 Å². The monoisotopic (exact) mass is 352 g/mol. The summed E-state index contributed by atoms with van der Waals surface area (Å²) in [5, 5.41) is 10.3. The van der Waals surface area contributed by atoms with Crippen molar-refractivity contribution in [3.63, 3.8) is 0 Å². The molecule has 1 amide bonds. The Morgan fingerprint density at radius 2 is 2.08 bits per heavy atom. The number of hydrogen-bond donors (Lipinski definition) is 3. The van der Waals surface area contributed by atoms with Crippen LogP contribution < -0.4 is 10.7 Å². The van der Waals surface area contributed by atoms with Gasteiger partial charge in [0.05, 0.1) is 28.7 Å². The van der Waals surface area contributed by atoms with Crippen molar-refractivity contribution in [1.29, 1.82) is 5.41 Å². The molecule has 3 aromatic rings. The largest absolute Gasteiger partial charge is 0.471 e. The second-order valence-electron chi connectivity index (χ2n) is 5.14. The summed E-state index contributed by atoms with van der Waals surface area (Å²) in [6.07, 6.45) is -3.72. The van der Waals surface area contributed by atoms with E-state index in [1.54, 1.807) is 12.2 Å². The molecule has 10 heteroatoms. The Bertz CT molecular complexity index is 1040. The van der Waals surface area contributed by atoms with Gasteiger partial charge in [-0.3, -0.25) is 15.2 Å². The average molecular weight is 352 g/mol. The summed E-state index contributed by atoms with van der Waals surface area (Å²) < 4.78 is 42.3. The van der Waals surface area contributed by atoms with Gasteiger partial charge in [-0.15, -0.1) is 0 Å². The number of esters is 1. The number of carbonyl (C=O) groups excluding carboxylic acids is 2. The number of halogens is 3. The quantitative estimate of drug-likeness (QED) is 0.629. The van der Waals surface area contributed by atoms with Crippen LogP contribution in [0.1, 0.15) is 17.4 Å². The van der Waals surface area contributed by atoms with E-state index in [1.807, 2.05) is 0 Å².